The minimum absolute atomic E-state index is 0.0206. The molecule has 0 aliphatic heterocycles. The van der Waals surface area contributed by atoms with E-state index in [1.807, 2.05) is 5.92 Å². The second-order valence-electron chi connectivity index (χ2n) is 3.42. The van der Waals surface area contributed by atoms with Crippen molar-refractivity contribution in [2.24, 2.45) is 0 Å². The van der Waals surface area contributed by atoms with Gasteiger partial charge in [-0.2, -0.15) is 13.2 Å². The summed E-state index contributed by atoms with van der Waals surface area (Å²) in [7, 11) is 0. The molecule has 0 saturated heterocycles. The summed E-state index contributed by atoms with van der Waals surface area (Å²) < 4.78 is 38.5. The number of nitrogens with zero attached hydrogens (tertiary/aromatic N) is 3. The van der Waals surface area contributed by atoms with Crippen LogP contribution in [0.2, 0.25) is 0 Å². The van der Waals surface area contributed by atoms with Gasteiger partial charge in [-0.1, -0.05) is 5.92 Å². The fourth-order valence-corrected chi connectivity index (χ4v) is 1.48. The van der Waals surface area contributed by atoms with Crippen LogP contribution in [0, 0.1) is 19.3 Å². The zero-order chi connectivity index (χ0) is 13.3. The second-order valence-corrected chi connectivity index (χ2v) is 3.42. The third-order valence-corrected chi connectivity index (χ3v) is 2.16. The Hall–Kier alpha value is -2.36. The van der Waals surface area contributed by atoms with Gasteiger partial charge in [0.1, 0.15) is 11.5 Å². The van der Waals surface area contributed by atoms with E-state index in [-0.39, 0.29) is 17.3 Å². The first-order valence-electron chi connectivity index (χ1n) is 4.85. The molecule has 0 spiro atoms. The van der Waals surface area contributed by atoms with Crippen LogP contribution in [0.1, 0.15) is 17.1 Å². The molecule has 18 heavy (non-hydrogen) atoms. The minimum Gasteiger partial charge on any atom is -0.343 e. The predicted molar refractivity (Wildman–Crippen MR) is 57.3 cm³/mol. The second kappa shape index (κ2) is 4.14. The lowest BCUT2D eigenvalue weighted by Crippen LogP contribution is -2.14. The summed E-state index contributed by atoms with van der Waals surface area (Å²) in [6.07, 6.45) is 3.38. The molecule has 0 amide bonds. The molecular weight excluding hydrogens is 245 g/mol. The highest BCUT2D eigenvalue weighted by atomic mass is 19.4. The molecule has 2 aromatic rings. The van der Waals surface area contributed by atoms with Gasteiger partial charge in [0, 0.05) is 12.4 Å². The first-order valence-corrected chi connectivity index (χ1v) is 4.85. The van der Waals surface area contributed by atoms with Crippen LogP contribution in [0.15, 0.2) is 12.4 Å². The molecule has 0 bridgehead atoms. The van der Waals surface area contributed by atoms with Crippen molar-refractivity contribution in [2.45, 2.75) is 13.1 Å². The fourth-order valence-electron chi connectivity index (χ4n) is 1.48. The lowest BCUT2D eigenvalue weighted by atomic mass is 10.1. The number of aromatic nitrogens is 4. The van der Waals surface area contributed by atoms with Gasteiger partial charge in [0.2, 0.25) is 0 Å². The van der Waals surface area contributed by atoms with Crippen molar-refractivity contribution in [1.29, 1.82) is 0 Å². The Morgan fingerprint density at radius 3 is 2.56 bits per heavy atom. The summed E-state index contributed by atoms with van der Waals surface area (Å²) in [5.74, 6) is 2.14. The molecule has 2 rings (SSSR count). The number of imidazole rings is 1. The van der Waals surface area contributed by atoms with Crippen LogP contribution >= 0.6 is 0 Å². The third-order valence-electron chi connectivity index (χ3n) is 2.16. The maximum Gasteiger partial charge on any atom is 0.434 e. The van der Waals surface area contributed by atoms with Crippen LogP contribution < -0.4 is 0 Å². The van der Waals surface area contributed by atoms with E-state index < -0.39 is 17.4 Å². The van der Waals surface area contributed by atoms with Gasteiger partial charge >= 0.3 is 6.18 Å². The van der Waals surface area contributed by atoms with E-state index in [1.54, 1.807) is 0 Å². The molecule has 0 aromatic carbocycles. The highest BCUT2D eigenvalue weighted by Gasteiger charge is 2.37. The van der Waals surface area contributed by atoms with E-state index >= 15 is 0 Å². The normalized spacial score (nSPS) is 11.3. The van der Waals surface area contributed by atoms with Crippen molar-refractivity contribution in [3.63, 3.8) is 0 Å². The molecule has 92 valence electrons. The number of terminal acetylenes is 1. The number of aromatic amines is 1. The average Bonchev–Trinajstić information content (AvgIpc) is 2.80. The number of halogens is 3. The molecule has 2 heterocycles. The molecule has 0 unspecified atom stereocenters. The van der Waals surface area contributed by atoms with Crippen LogP contribution in [0.4, 0.5) is 13.2 Å². The summed E-state index contributed by atoms with van der Waals surface area (Å²) in [5.41, 5.74) is -1.56. The molecule has 4 nitrogen and oxygen atoms in total. The molecule has 1 N–H and O–H groups in total. The molecule has 0 aliphatic rings. The Balaban J connectivity index is 2.76. The summed E-state index contributed by atoms with van der Waals surface area (Å²) in [4.78, 5) is 13.8. The van der Waals surface area contributed by atoms with Gasteiger partial charge in [-0.15, -0.1) is 6.42 Å². The van der Waals surface area contributed by atoms with Crippen LogP contribution in [-0.4, -0.2) is 19.9 Å². The SMILES string of the molecule is C#Cc1c(-c2ncc[nH]2)nc(C)nc1C(F)(F)F. The van der Waals surface area contributed by atoms with Gasteiger partial charge in [0.15, 0.2) is 11.5 Å². The molecule has 0 radical (unpaired) electrons. The standard InChI is InChI=1S/C11H7F3N4/c1-3-7-8(10-15-4-5-16-10)17-6(2)18-9(7)11(12,13)14/h1,4-5H,2H3,(H,15,16). The minimum atomic E-state index is -4.63. The van der Waals surface area contributed by atoms with E-state index in [1.165, 1.54) is 19.3 Å². The smallest absolute Gasteiger partial charge is 0.343 e. The van der Waals surface area contributed by atoms with Crippen LogP contribution in [0.3, 0.4) is 0 Å². The van der Waals surface area contributed by atoms with Gasteiger partial charge in [0.25, 0.3) is 0 Å². The molecule has 0 fully saturated rings. The highest BCUT2D eigenvalue weighted by Crippen LogP contribution is 2.33. The van der Waals surface area contributed by atoms with Crippen LogP contribution in [0.5, 0.6) is 0 Å². The number of alkyl halides is 3. The number of aryl methyl sites for hydroxylation is 1. The largest absolute Gasteiger partial charge is 0.434 e. The Bertz CT molecular complexity index is 608. The van der Waals surface area contributed by atoms with Gasteiger partial charge < -0.3 is 4.98 Å². The van der Waals surface area contributed by atoms with Crippen LogP contribution in [0.25, 0.3) is 11.5 Å². The van der Waals surface area contributed by atoms with Crippen molar-refractivity contribution >= 4 is 0 Å². The summed E-state index contributed by atoms with van der Waals surface area (Å²) in [6.45, 7) is 1.36. The molecule has 0 saturated carbocycles. The van der Waals surface area contributed by atoms with Gasteiger partial charge in [-0.3, -0.25) is 0 Å². The lowest BCUT2D eigenvalue weighted by molar-refractivity contribution is -0.141. The van der Waals surface area contributed by atoms with Crippen molar-refractivity contribution in [3.8, 4) is 23.9 Å². The third kappa shape index (κ3) is 2.05. The maximum absolute atomic E-state index is 12.8. The number of hydrogen-bond acceptors (Lipinski definition) is 3. The van der Waals surface area contributed by atoms with E-state index in [2.05, 4.69) is 19.9 Å². The fraction of sp³-hybridized carbons (Fsp3) is 0.182. The quantitative estimate of drug-likeness (QED) is 0.791. The zero-order valence-corrected chi connectivity index (χ0v) is 9.21. The Labute approximate surface area is 100 Å². The highest BCUT2D eigenvalue weighted by molar-refractivity contribution is 5.62. The zero-order valence-electron chi connectivity index (χ0n) is 9.21. The first kappa shape index (κ1) is 12.1. The summed E-state index contributed by atoms with van der Waals surface area (Å²) in [6, 6.07) is 0. The number of nitrogens with one attached hydrogen (secondary N) is 1. The van der Waals surface area contributed by atoms with Crippen molar-refractivity contribution in [1.82, 2.24) is 19.9 Å². The molecule has 0 aliphatic carbocycles. The van der Waals surface area contributed by atoms with Gasteiger partial charge in [0.05, 0.1) is 5.56 Å². The topological polar surface area (TPSA) is 54.5 Å². The number of hydrogen-bond donors (Lipinski definition) is 1. The van der Waals surface area contributed by atoms with E-state index in [0.29, 0.717) is 0 Å². The average molecular weight is 252 g/mol. The summed E-state index contributed by atoms with van der Waals surface area (Å²) in [5, 5.41) is 0. The van der Waals surface area contributed by atoms with Crippen molar-refractivity contribution in [2.75, 3.05) is 0 Å². The monoisotopic (exact) mass is 252 g/mol. The number of H-pyrrole nitrogens is 1. The Morgan fingerprint density at radius 1 is 1.33 bits per heavy atom. The molecule has 2 aromatic heterocycles. The van der Waals surface area contributed by atoms with E-state index in [0.717, 1.165) is 0 Å². The van der Waals surface area contributed by atoms with Crippen molar-refractivity contribution in [3.05, 3.63) is 29.5 Å². The predicted octanol–water partition coefficient (Wildman–Crippen LogP) is 2.18. The van der Waals surface area contributed by atoms with E-state index in [9.17, 15) is 13.2 Å². The molecular formula is C11H7F3N4. The molecule has 0 atom stereocenters. The lowest BCUT2D eigenvalue weighted by Gasteiger charge is -2.11. The molecule has 7 heteroatoms. The van der Waals surface area contributed by atoms with Crippen molar-refractivity contribution < 1.29 is 13.2 Å². The maximum atomic E-state index is 12.8. The van der Waals surface area contributed by atoms with Gasteiger partial charge in [-0.25, -0.2) is 15.0 Å². The Kier molecular flexibility index (Phi) is 2.79. The summed E-state index contributed by atoms with van der Waals surface area (Å²) >= 11 is 0. The Morgan fingerprint density at radius 2 is 2.06 bits per heavy atom. The van der Waals surface area contributed by atoms with Crippen LogP contribution in [-0.2, 0) is 6.18 Å². The first-order chi connectivity index (χ1) is 8.43. The van der Waals surface area contributed by atoms with Gasteiger partial charge in [-0.05, 0) is 6.92 Å². The van der Waals surface area contributed by atoms with E-state index in [4.69, 9.17) is 6.42 Å². The number of rotatable bonds is 1.